The average molecular weight is 330 g/mol. The molecular weight excluding hydrogens is 316 g/mol. The summed E-state index contributed by atoms with van der Waals surface area (Å²) >= 11 is 0. The molecule has 122 valence electrons. The molecule has 0 unspecified atom stereocenters. The van der Waals surface area contributed by atoms with E-state index in [4.69, 9.17) is 0 Å². The number of hydrogen-bond donors (Lipinski definition) is 2. The predicted molar refractivity (Wildman–Crippen MR) is 94.0 cm³/mol. The fourth-order valence-corrected chi connectivity index (χ4v) is 2.52. The molecule has 2 N–H and O–H groups in total. The van der Waals surface area contributed by atoms with Crippen molar-refractivity contribution in [2.45, 2.75) is 6.92 Å². The number of pyridine rings is 3. The number of nitrogens with zero attached hydrogens (tertiary/aromatic N) is 4. The molecular formula is C18H14N6O. The summed E-state index contributed by atoms with van der Waals surface area (Å²) in [5.74, 6) is 0.373. The number of aromatic amines is 1. The lowest BCUT2D eigenvalue weighted by molar-refractivity contribution is 0.102. The first-order valence-corrected chi connectivity index (χ1v) is 7.69. The summed E-state index contributed by atoms with van der Waals surface area (Å²) < 4.78 is 0. The van der Waals surface area contributed by atoms with Gasteiger partial charge in [-0.2, -0.15) is 0 Å². The first-order valence-electron chi connectivity index (χ1n) is 7.69. The minimum atomic E-state index is -0.245. The van der Waals surface area contributed by atoms with Gasteiger partial charge in [0.05, 0.1) is 23.0 Å². The van der Waals surface area contributed by atoms with Crippen molar-refractivity contribution in [2.75, 3.05) is 5.32 Å². The molecule has 0 aliphatic carbocycles. The maximum absolute atomic E-state index is 12.7. The van der Waals surface area contributed by atoms with Gasteiger partial charge in [-0.3, -0.25) is 14.8 Å². The minimum absolute atomic E-state index is 0.245. The van der Waals surface area contributed by atoms with Crippen molar-refractivity contribution in [3.63, 3.8) is 0 Å². The number of aryl methyl sites for hydroxylation is 1. The van der Waals surface area contributed by atoms with Crippen molar-refractivity contribution in [1.82, 2.24) is 24.9 Å². The summed E-state index contributed by atoms with van der Waals surface area (Å²) in [7, 11) is 0. The Labute approximate surface area is 143 Å². The molecule has 4 aromatic heterocycles. The first-order chi connectivity index (χ1) is 12.2. The first kappa shape index (κ1) is 14.9. The molecule has 0 fully saturated rings. The lowest BCUT2D eigenvalue weighted by Gasteiger charge is -2.07. The number of H-pyrrole nitrogens is 1. The van der Waals surface area contributed by atoms with E-state index in [2.05, 4.69) is 30.2 Å². The van der Waals surface area contributed by atoms with Crippen LogP contribution in [0.25, 0.3) is 22.6 Å². The van der Waals surface area contributed by atoms with Crippen LogP contribution in [-0.4, -0.2) is 30.8 Å². The Morgan fingerprint density at radius 1 is 1.08 bits per heavy atom. The molecule has 25 heavy (non-hydrogen) atoms. The summed E-state index contributed by atoms with van der Waals surface area (Å²) in [6.45, 7) is 1.91. The standard InChI is InChI=1S/C18H14N6O/c1-11-4-7-20-10-14(11)22-18(25)13-5-8-21-17-15(13)23-16(24-17)12-3-2-6-19-9-12/h2-10H,1H3,(H,22,25)(H,21,23,24). The zero-order valence-electron chi connectivity index (χ0n) is 13.4. The van der Waals surface area contributed by atoms with E-state index in [0.717, 1.165) is 11.1 Å². The van der Waals surface area contributed by atoms with Crippen LogP contribution in [0.5, 0.6) is 0 Å². The number of anilines is 1. The van der Waals surface area contributed by atoms with E-state index in [0.29, 0.717) is 28.2 Å². The topological polar surface area (TPSA) is 96.5 Å². The highest BCUT2D eigenvalue weighted by molar-refractivity contribution is 6.11. The van der Waals surface area contributed by atoms with E-state index in [1.807, 2.05) is 25.1 Å². The van der Waals surface area contributed by atoms with E-state index >= 15 is 0 Å². The molecule has 4 aromatic rings. The van der Waals surface area contributed by atoms with Crippen LogP contribution in [0.3, 0.4) is 0 Å². The number of fused-ring (bicyclic) bond motifs is 1. The van der Waals surface area contributed by atoms with Crippen LogP contribution in [0.4, 0.5) is 5.69 Å². The molecule has 0 aliphatic rings. The fourth-order valence-electron chi connectivity index (χ4n) is 2.52. The third-order valence-electron chi connectivity index (χ3n) is 3.86. The largest absolute Gasteiger partial charge is 0.336 e. The summed E-state index contributed by atoms with van der Waals surface area (Å²) in [5, 5.41) is 2.88. The van der Waals surface area contributed by atoms with Crippen LogP contribution < -0.4 is 5.32 Å². The zero-order valence-corrected chi connectivity index (χ0v) is 13.4. The number of rotatable bonds is 3. The molecule has 0 atom stereocenters. The zero-order chi connectivity index (χ0) is 17.2. The normalized spacial score (nSPS) is 10.8. The van der Waals surface area contributed by atoms with Crippen molar-refractivity contribution in [3.8, 4) is 11.4 Å². The molecule has 0 radical (unpaired) electrons. The predicted octanol–water partition coefficient (Wildman–Crippen LogP) is 2.98. The Morgan fingerprint density at radius 2 is 1.96 bits per heavy atom. The number of carbonyl (C=O) groups excluding carboxylic acids is 1. The Kier molecular flexibility index (Phi) is 3.66. The van der Waals surface area contributed by atoms with Gasteiger partial charge < -0.3 is 10.3 Å². The molecule has 0 aliphatic heterocycles. The van der Waals surface area contributed by atoms with E-state index < -0.39 is 0 Å². The Morgan fingerprint density at radius 3 is 2.76 bits per heavy atom. The molecule has 0 bridgehead atoms. The van der Waals surface area contributed by atoms with E-state index in [1.165, 1.54) is 0 Å². The van der Waals surface area contributed by atoms with Gasteiger partial charge in [0, 0.05) is 30.4 Å². The molecule has 0 spiro atoms. The maximum Gasteiger partial charge on any atom is 0.258 e. The van der Waals surface area contributed by atoms with Crippen molar-refractivity contribution in [1.29, 1.82) is 0 Å². The minimum Gasteiger partial charge on any atom is -0.336 e. The molecule has 7 heteroatoms. The van der Waals surface area contributed by atoms with Gasteiger partial charge in [-0.1, -0.05) is 0 Å². The molecule has 7 nitrogen and oxygen atoms in total. The summed E-state index contributed by atoms with van der Waals surface area (Å²) in [4.78, 5) is 32.7. The Bertz CT molecular complexity index is 1060. The lowest BCUT2D eigenvalue weighted by Crippen LogP contribution is -2.13. The van der Waals surface area contributed by atoms with Gasteiger partial charge in [0.15, 0.2) is 5.65 Å². The highest BCUT2D eigenvalue weighted by Crippen LogP contribution is 2.22. The number of hydrogen-bond acceptors (Lipinski definition) is 5. The molecule has 4 rings (SSSR count). The molecule has 0 aromatic carbocycles. The van der Waals surface area contributed by atoms with Crippen LogP contribution in [-0.2, 0) is 0 Å². The van der Waals surface area contributed by atoms with Crippen molar-refractivity contribution >= 4 is 22.8 Å². The summed E-state index contributed by atoms with van der Waals surface area (Å²) in [5.41, 5.74) is 3.97. The second-order valence-electron chi connectivity index (χ2n) is 5.53. The number of nitrogens with one attached hydrogen (secondary N) is 2. The van der Waals surface area contributed by atoms with Crippen LogP contribution in [0.15, 0.2) is 55.2 Å². The van der Waals surface area contributed by atoms with Gasteiger partial charge in [-0.25, -0.2) is 9.97 Å². The number of carbonyl (C=O) groups is 1. The van der Waals surface area contributed by atoms with Gasteiger partial charge in [-0.05, 0) is 36.8 Å². The molecule has 0 saturated carbocycles. The average Bonchev–Trinajstić information content (AvgIpc) is 3.08. The molecule has 4 heterocycles. The second kappa shape index (κ2) is 6.12. The second-order valence-corrected chi connectivity index (χ2v) is 5.53. The highest BCUT2D eigenvalue weighted by Gasteiger charge is 2.16. The third-order valence-corrected chi connectivity index (χ3v) is 3.86. The number of aromatic nitrogens is 5. The molecule has 0 saturated heterocycles. The van der Waals surface area contributed by atoms with Gasteiger partial charge in [-0.15, -0.1) is 0 Å². The van der Waals surface area contributed by atoms with Gasteiger partial charge in [0.2, 0.25) is 0 Å². The van der Waals surface area contributed by atoms with E-state index in [1.54, 1.807) is 37.1 Å². The van der Waals surface area contributed by atoms with Crippen LogP contribution in [0.1, 0.15) is 15.9 Å². The highest BCUT2D eigenvalue weighted by atomic mass is 16.1. The number of amides is 1. The quantitative estimate of drug-likeness (QED) is 0.602. The van der Waals surface area contributed by atoms with Gasteiger partial charge >= 0.3 is 0 Å². The lowest BCUT2D eigenvalue weighted by atomic mass is 10.2. The van der Waals surface area contributed by atoms with Crippen LogP contribution in [0.2, 0.25) is 0 Å². The van der Waals surface area contributed by atoms with Crippen molar-refractivity contribution in [3.05, 3.63) is 66.4 Å². The molecule has 1 amide bonds. The van der Waals surface area contributed by atoms with Crippen LogP contribution in [0, 0.1) is 6.92 Å². The SMILES string of the molecule is Cc1ccncc1NC(=O)c1ccnc2nc(-c3cccnc3)[nH]c12. The summed E-state index contributed by atoms with van der Waals surface area (Å²) in [6.07, 6.45) is 8.28. The van der Waals surface area contributed by atoms with Crippen molar-refractivity contribution < 1.29 is 4.79 Å². The maximum atomic E-state index is 12.7. The monoisotopic (exact) mass is 330 g/mol. The van der Waals surface area contributed by atoms with Gasteiger partial charge in [0.1, 0.15) is 5.82 Å². The summed E-state index contributed by atoms with van der Waals surface area (Å²) in [6, 6.07) is 7.22. The van der Waals surface area contributed by atoms with E-state index in [-0.39, 0.29) is 5.91 Å². The number of imidazole rings is 1. The Hall–Kier alpha value is -3.61. The van der Waals surface area contributed by atoms with E-state index in [9.17, 15) is 4.79 Å². The van der Waals surface area contributed by atoms with Crippen molar-refractivity contribution in [2.24, 2.45) is 0 Å². The van der Waals surface area contributed by atoms with Crippen LogP contribution >= 0.6 is 0 Å². The Balaban J connectivity index is 1.74. The smallest absolute Gasteiger partial charge is 0.258 e. The van der Waals surface area contributed by atoms with Gasteiger partial charge in [0.25, 0.3) is 5.91 Å². The fraction of sp³-hybridized carbons (Fsp3) is 0.0556. The third kappa shape index (κ3) is 2.83.